The highest BCUT2D eigenvalue weighted by atomic mass is 16.5. The van der Waals surface area contributed by atoms with Gasteiger partial charge >= 0.3 is 0 Å². The first kappa shape index (κ1) is 10.3. The highest BCUT2D eigenvalue weighted by molar-refractivity contribution is 4.64. The number of imidazole rings is 1. The first-order chi connectivity index (χ1) is 6.22. The molecule has 1 aromatic rings. The molecule has 0 amide bonds. The van der Waals surface area contributed by atoms with Crippen molar-refractivity contribution < 1.29 is 9.30 Å². The van der Waals surface area contributed by atoms with Crippen molar-refractivity contribution in [2.75, 3.05) is 6.61 Å². The van der Waals surface area contributed by atoms with Gasteiger partial charge in [0.2, 0.25) is 6.33 Å². The fourth-order valence-corrected chi connectivity index (χ4v) is 1.10. The van der Waals surface area contributed by atoms with Gasteiger partial charge in [-0.3, -0.25) is 0 Å². The maximum atomic E-state index is 5.49. The van der Waals surface area contributed by atoms with Crippen molar-refractivity contribution in [2.24, 2.45) is 5.92 Å². The first-order valence-electron chi connectivity index (χ1n) is 4.85. The van der Waals surface area contributed by atoms with Gasteiger partial charge < -0.3 is 4.74 Å². The van der Waals surface area contributed by atoms with Gasteiger partial charge in [0.25, 0.3) is 0 Å². The maximum absolute atomic E-state index is 5.49. The van der Waals surface area contributed by atoms with Crippen LogP contribution in [-0.4, -0.2) is 11.2 Å². The molecular formula is C10H19N2O+. The molecule has 13 heavy (non-hydrogen) atoms. The number of hydrogen-bond acceptors (Lipinski definition) is 1. The third-order valence-corrected chi connectivity index (χ3v) is 1.80. The zero-order chi connectivity index (χ0) is 9.68. The summed E-state index contributed by atoms with van der Waals surface area (Å²) < 4.78 is 9.66. The molecule has 0 aromatic carbocycles. The summed E-state index contributed by atoms with van der Waals surface area (Å²) in [5.41, 5.74) is 0. The van der Waals surface area contributed by atoms with E-state index in [0.717, 1.165) is 13.2 Å². The van der Waals surface area contributed by atoms with Gasteiger partial charge in [-0.15, -0.1) is 0 Å². The second-order valence-electron chi connectivity index (χ2n) is 3.65. The molecule has 0 radical (unpaired) electrons. The molecule has 0 saturated heterocycles. The lowest BCUT2D eigenvalue weighted by molar-refractivity contribution is -0.732. The standard InChI is InChI=1S/C10H19N2O/c1-4-11-5-6-12(8-11)9-13-7-10(2)3/h5-6,8,10H,4,7,9H2,1-3H3/q+1. The number of ether oxygens (including phenoxy) is 1. The minimum absolute atomic E-state index is 0.605. The topological polar surface area (TPSA) is 18.0 Å². The zero-order valence-electron chi connectivity index (χ0n) is 8.73. The van der Waals surface area contributed by atoms with Crippen molar-refractivity contribution in [3.05, 3.63) is 18.7 Å². The Morgan fingerprint density at radius 3 is 2.77 bits per heavy atom. The van der Waals surface area contributed by atoms with Gasteiger partial charge in [-0.05, 0) is 12.8 Å². The van der Waals surface area contributed by atoms with Gasteiger partial charge in [-0.1, -0.05) is 13.8 Å². The van der Waals surface area contributed by atoms with Gasteiger partial charge in [-0.2, -0.15) is 0 Å². The Morgan fingerprint density at radius 2 is 2.23 bits per heavy atom. The molecule has 1 aromatic heterocycles. The van der Waals surface area contributed by atoms with Crippen LogP contribution < -0.4 is 4.57 Å². The van der Waals surface area contributed by atoms with Crippen molar-refractivity contribution in [1.29, 1.82) is 0 Å². The lowest BCUT2D eigenvalue weighted by atomic mass is 10.2. The summed E-state index contributed by atoms with van der Waals surface area (Å²) in [6, 6.07) is 0. The molecule has 0 aliphatic rings. The number of nitrogens with zero attached hydrogens (tertiary/aromatic N) is 2. The van der Waals surface area contributed by atoms with Crippen LogP contribution in [0.1, 0.15) is 20.8 Å². The quantitative estimate of drug-likeness (QED) is 0.631. The molecule has 0 saturated carbocycles. The van der Waals surface area contributed by atoms with Crippen molar-refractivity contribution >= 4 is 0 Å². The Morgan fingerprint density at radius 1 is 1.46 bits per heavy atom. The minimum atomic E-state index is 0.605. The minimum Gasteiger partial charge on any atom is -0.341 e. The SMILES string of the molecule is CCn1cc[n+](COCC(C)C)c1. The Hall–Kier alpha value is -0.830. The molecule has 0 spiro atoms. The fraction of sp³-hybridized carbons (Fsp3) is 0.700. The van der Waals surface area contributed by atoms with Crippen LogP contribution in [0.25, 0.3) is 0 Å². The maximum Gasteiger partial charge on any atom is 0.245 e. The molecular weight excluding hydrogens is 164 g/mol. The molecule has 0 atom stereocenters. The number of aryl methyl sites for hydroxylation is 1. The first-order valence-corrected chi connectivity index (χ1v) is 4.85. The van der Waals surface area contributed by atoms with Crippen LogP contribution in [0.5, 0.6) is 0 Å². The van der Waals surface area contributed by atoms with E-state index in [1.54, 1.807) is 0 Å². The predicted octanol–water partition coefficient (Wildman–Crippen LogP) is 1.43. The van der Waals surface area contributed by atoms with Crippen molar-refractivity contribution in [3.8, 4) is 0 Å². The van der Waals surface area contributed by atoms with E-state index in [9.17, 15) is 0 Å². The zero-order valence-corrected chi connectivity index (χ0v) is 8.73. The molecule has 0 unspecified atom stereocenters. The monoisotopic (exact) mass is 183 g/mol. The summed E-state index contributed by atoms with van der Waals surface area (Å²) in [6.07, 6.45) is 6.14. The largest absolute Gasteiger partial charge is 0.341 e. The summed E-state index contributed by atoms with van der Waals surface area (Å²) in [5.74, 6) is 0.605. The molecule has 0 fully saturated rings. The molecule has 0 aliphatic heterocycles. The molecule has 0 aliphatic carbocycles. The van der Waals surface area contributed by atoms with Crippen LogP contribution in [0, 0.1) is 5.92 Å². The van der Waals surface area contributed by atoms with Gasteiger partial charge in [0.15, 0.2) is 6.73 Å². The molecule has 0 bridgehead atoms. The Bertz CT molecular complexity index is 243. The van der Waals surface area contributed by atoms with E-state index >= 15 is 0 Å². The summed E-state index contributed by atoms with van der Waals surface area (Å²) in [6.45, 7) is 8.93. The van der Waals surface area contributed by atoms with Gasteiger partial charge in [0.1, 0.15) is 12.4 Å². The van der Waals surface area contributed by atoms with Gasteiger partial charge in [0, 0.05) is 0 Å². The van der Waals surface area contributed by atoms with Gasteiger partial charge in [-0.25, -0.2) is 9.13 Å². The Labute approximate surface area is 79.9 Å². The molecule has 1 heterocycles. The summed E-state index contributed by atoms with van der Waals surface area (Å²) in [5, 5.41) is 0. The predicted molar refractivity (Wildman–Crippen MR) is 51.1 cm³/mol. The third-order valence-electron chi connectivity index (χ3n) is 1.80. The average molecular weight is 183 g/mol. The van der Waals surface area contributed by atoms with E-state index in [0.29, 0.717) is 12.6 Å². The van der Waals surface area contributed by atoms with E-state index in [1.165, 1.54) is 0 Å². The molecule has 74 valence electrons. The van der Waals surface area contributed by atoms with E-state index < -0.39 is 0 Å². The fourth-order valence-electron chi connectivity index (χ4n) is 1.10. The third kappa shape index (κ3) is 3.59. The van der Waals surface area contributed by atoms with Crippen LogP contribution in [0.4, 0.5) is 0 Å². The molecule has 1 rings (SSSR count). The summed E-state index contributed by atoms with van der Waals surface area (Å²) in [4.78, 5) is 0. The summed E-state index contributed by atoms with van der Waals surface area (Å²) >= 11 is 0. The van der Waals surface area contributed by atoms with Crippen molar-refractivity contribution in [2.45, 2.75) is 34.0 Å². The van der Waals surface area contributed by atoms with Crippen molar-refractivity contribution in [1.82, 2.24) is 4.57 Å². The molecule has 0 N–H and O–H groups in total. The van der Waals surface area contributed by atoms with Crippen LogP contribution in [-0.2, 0) is 18.0 Å². The molecule has 3 nitrogen and oxygen atoms in total. The van der Waals surface area contributed by atoms with E-state index in [4.69, 9.17) is 4.74 Å². The molecule has 3 heteroatoms. The van der Waals surface area contributed by atoms with Crippen molar-refractivity contribution in [3.63, 3.8) is 0 Å². The van der Waals surface area contributed by atoms with Gasteiger partial charge in [0.05, 0.1) is 13.2 Å². The normalized spacial score (nSPS) is 11.1. The second kappa shape index (κ2) is 5.02. The van der Waals surface area contributed by atoms with E-state index in [-0.39, 0.29) is 0 Å². The van der Waals surface area contributed by atoms with Crippen LogP contribution in [0.3, 0.4) is 0 Å². The lowest BCUT2D eigenvalue weighted by Crippen LogP contribution is -2.33. The second-order valence-corrected chi connectivity index (χ2v) is 3.65. The van der Waals surface area contributed by atoms with Crippen LogP contribution in [0.15, 0.2) is 18.7 Å². The number of hydrogen-bond donors (Lipinski definition) is 0. The highest BCUT2D eigenvalue weighted by Gasteiger charge is 2.01. The Kier molecular flexibility index (Phi) is 3.96. The van der Waals surface area contributed by atoms with Crippen LogP contribution in [0.2, 0.25) is 0 Å². The summed E-state index contributed by atoms with van der Waals surface area (Å²) in [7, 11) is 0. The number of rotatable bonds is 5. The Balaban J connectivity index is 2.28. The van der Waals surface area contributed by atoms with E-state index in [2.05, 4.69) is 37.9 Å². The van der Waals surface area contributed by atoms with Crippen LogP contribution >= 0.6 is 0 Å². The average Bonchev–Trinajstić information content (AvgIpc) is 2.52. The number of aromatic nitrogens is 2. The smallest absolute Gasteiger partial charge is 0.245 e. The van der Waals surface area contributed by atoms with E-state index in [1.807, 2.05) is 10.8 Å². The highest BCUT2D eigenvalue weighted by Crippen LogP contribution is 1.91. The lowest BCUT2D eigenvalue weighted by Gasteiger charge is -2.03.